The second-order valence-electron chi connectivity index (χ2n) is 3.68. The Morgan fingerprint density at radius 3 is 2.07 bits per heavy atom. The molecule has 0 radical (unpaired) electrons. The van der Waals surface area contributed by atoms with Crippen LogP contribution in [0.25, 0.3) is 5.69 Å². The molecule has 0 amide bonds. The summed E-state index contributed by atoms with van der Waals surface area (Å²) in [6.07, 6.45) is 0. The largest absolute Gasteiger partial charge is 0.494 e. The van der Waals surface area contributed by atoms with Crippen molar-refractivity contribution in [1.82, 2.24) is 4.57 Å². The quantitative estimate of drug-likeness (QED) is 0.748. The lowest BCUT2D eigenvalue weighted by Crippen LogP contribution is -1.95. The first kappa shape index (κ1) is 9.65. The summed E-state index contributed by atoms with van der Waals surface area (Å²) in [7, 11) is 0. The van der Waals surface area contributed by atoms with Crippen LogP contribution in [0.15, 0.2) is 30.3 Å². The summed E-state index contributed by atoms with van der Waals surface area (Å²) in [5.74, 6) is 0.0823. The smallest absolute Gasteiger partial charge is 0.198 e. The summed E-state index contributed by atoms with van der Waals surface area (Å²) in [6.45, 7) is 3.95. The SMILES string of the molecule is Cc1ccc(-n2c(O)ccc2O)c(C)c1. The van der Waals surface area contributed by atoms with E-state index >= 15 is 0 Å². The Kier molecular flexibility index (Phi) is 2.15. The normalized spacial score (nSPS) is 10.5. The second-order valence-corrected chi connectivity index (χ2v) is 3.68. The van der Waals surface area contributed by atoms with Gasteiger partial charge in [0, 0.05) is 12.1 Å². The molecule has 0 bridgehead atoms. The molecule has 3 heteroatoms. The molecule has 0 aliphatic carbocycles. The lowest BCUT2D eigenvalue weighted by atomic mass is 10.1. The van der Waals surface area contributed by atoms with Crippen molar-refractivity contribution in [1.29, 1.82) is 0 Å². The van der Waals surface area contributed by atoms with Crippen LogP contribution in [0.3, 0.4) is 0 Å². The zero-order chi connectivity index (χ0) is 11.0. The van der Waals surface area contributed by atoms with Gasteiger partial charge in [-0.1, -0.05) is 17.7 Å². The molecule has 0 saturated heterocycles. The molecule has 2 N–H and O–H groups in total. The first-order valence-electron chi connectivity index (χ1n) is 4.77. The fraction of sp³-hybridized carbons (Fsp3) is 0.167. The molecular formula is C12H13NO2. The van der Waals surface area contributed by atoms with Gasteiger partial charge in [0.2, 0.25) is 0 Å². The molecule has 0 fully saturated rings. The van der Waals surface area contributed by atoms with Crippen LogP contribution in [0.1, 0.15) is 11.1 Å². The fourth-order valence-corrected chi connectivity index (χ4v) is 1.72. The summed E-state index contributed by atoms with van der Waals surface area (Å²) >= 11 is 0. The van der Waals surface area contributed by atoms with Crippen LogP contribution in [0.4, 0.5) is 0 Å². The van der Waals surface area contributed by atoms with Gasteiger partial charge < -0.3 is 10.2 Å². The Labute approximate surface area is 88.2 Å². The van der Waals surface area contributed by atoms with E-state index in [0.29, 0.717) is 0 Å². The van der Waals surface area contributed by atoms with Crippen LogP contribution in [0, 0.1) is 13.8 Å². The zero-order valence-electron chi connectivity index (χ0n) is 8.73. The van der Waals surface area contributed by atoms with Gasteiger partial charge in [-0.3, -0.25) is 4.57 Å². The maximum absolute atomic E-state index is 9.58. The van der Waals surface area contributed by atoms with E-state index < -0.39 is 0 Å². The highest BCUT2D eigenvalue weighted by molar-refractivity contribution is 5.48. The van der Waals surface area contributed by atoms with Crippen molar-refractivity contribution in [2.45, 2.75) is 13.8 Å². The predicted molar refractivity (Wildman–Crippen MR) is 58.6 cm³/mol. The number of hydrogen-bond donors (Lipinski definition) is 2. The summed E-state index contributed by atoms with van der Waals surface area (Å²) in [5, 5.41) is 19.2. The third kappa shape index (κ3) is 1.56. The van der Waals surface area contributed by atoms with Gasteiger partial charge in [-0.15, -0.1) is 0 Å². The molecule has 0 saturated carbocycles. The summed E-state index contributed by atoms with van der Waals surface area (Å²) < 4.78 is 1.41. The minimum Gasteiger partial charge on any atom is -0.494 e. The highest BCUT2D eigenvalue weighted by atomic mass is 16.3. The Morgan fingerprint density at radius 2 is 1.53 bits per heavy atom. The first-order valence-corrected chi connectivity index (χ1v) is 4.77. The monoisotopic (exact) mass is 203 g/mol. The maximum atomic E-state index is 9.58. The average molecular weight is 203 g/mol. The van der Waals surface area contributed by atoms with Gasteiger partial charge in [0.25, 0.3) is 0 Å². The Morgan fingerprint density at radius 1 is 0.933 bits per heavy atom. The third-order valence-electron chi connectivity index (χ3n) is 2.43. The molecular weight excluding hydrogens is 190 g/mol. The molecule has 78 valence electrons. The summed E-state index contributed by atoms with van der Waals surface area (Å²) in [6, 6.07) is 8.77. The van der Waals surface area contributed by atoms with E-state index in [-0.39, 0.29) is 11.8 Å². The molecule has 3 nitrogen and oxygen atoms in total. The van der Waals surface area contributed by atoms with E-state index in [1.54, 1.807) is 0 Å². The van der Waals surface area contributed by atoms with Crippen molar-refractivity contribution in [2.24, 2.45) is 0 Å². The van der Waals surface area contributed by atoms with Crippen LogP contribution >= 0.6 is 0 Å². The van der Waals surface area contributed by atoms with E-state index in [2.05, 4.69) is 0 Å². The number of benzene rings is 1. The van der Waals surface area contributed by atoms with Crippen molar-refractivity contribution in [2.75, 3.05) is 0 Å². The lowest BCUT2D eigenvalue weighted by molar-refractivity contribution is 0.402. The molecule has 0 spiro atoms. The number of hydrogen-bond acceptors (Lipinski definition) is 2. The van der Waals surface area contributed by atoms with Crippen LogP contribution < -0.4 is 0 Å². The molecule has 2 rings (SSSR count). The van der Waals surface area contributed by atoms with E-state index in [4.69, 9.17) is 0 Å². The van der Waals surface area contributed by atoms with Crippen LogP contribution in [0.5, 0.6) is 11.8 Å². The van der Waals surface area contributed by atoms with Gasteiger partial charge in [-0.25, -0.2) is 0 Å². The van der Waals surface area contributed by atoms with Crippen LogP contribution in [-0.2, 0) is 0 Å². The fourth-order valence-electron chi connectivity index (χ4n) is 1.72. The molecule has 2 aromatic rings. The Bertz CT molecular complexity index is 481. The summed E-state index contributed by atoms with van der Waals surface area (Å²) in [5.41, 5.74) is 2.96. The van der Waals surface area contributed by atoms with Crippen molar-refractivity contribution in [3.8, 4) is 17.4 Å². The van der Waals surface area contributed by atoms with Gasteiger partial charge in [-0.2, -0.15) is 0 Å². The highest BCUT2D eigenvalue weighted by Gasteiger charge is 2.09. The lowest BCUT2D eigenvalue weighted by Gasteiger charge is -2.10. The zero-order valence-corrected chi connectivity index (χ0v) is 8.73. The predicted octanol–water partition coefficient (Wildman–Crippen LogP) is 2.51. The summed E-state index contributed by atoms with van der Waals surface area (Å²) in [4.78, 5) is 0. The molecule has 0 aliphatic rings. The van der Waals surface area contributed by atoms with Gasteiger partial charge in [0.05, 0.1) is 5.69 Å². The van der Waals surface area contributed by atoms with Gasteiger partial charge >= 0.3 is 0 Å². The number of nitrogens with zero attached hydrogens (tertiary/aromatic N) is 1. The number of aromatic nitrogens is 1. The van der Waals surface area contributed by atoms with Crippen molar-refractivity contribution < 1.29 is 10.2 Å². The molecule has 15 heavy (non-hydrogen) atoms. The van der Waals surface area contributed by atoms with Crippen LogP contribution in [-0.4, -0.2) is 14.8 Å². The molecule has 0 unspecified atom stereocenters. The third-order valence-corrected chi connectivity index (χ3v) is 2.43. The highest BCUT2D eigenvalue weighted by Crippen LogP contribution is 2.28. The average Bonchev–Trinajstić information content (AvgIpc) is 2.48. The Balaban J connectivity index is 2.64. The molecule has 0 aliphatic heterocycles. The number of aromatic hydroxyl groups is 2. The standard InChI is InChI=1S/C12H13NO2/c1-8-3-4-10(9(2)7-8)13-11(14)5-6-12(13)15/h3-7,14-15H,1-2H3. The Hall–Kier alpha value is -1.90. The van der Waals surface area contributed by atoms with E-state index in [9.17, 15) is 10.2 Å². The molecule has 0 atom stereocenters. The molecule has 1 heterocycles. The van der Waals surface area contributed by atoms with Gasteiger partial charge in [0.15, 0.2) is 11.8 Å². The van der Waals surface area contributed by atoms with Crippen LogP contribution in [0.2, 0.25) is 0 Å². The minimum atomic E-state index is 0.0412. The number of aryl methyl sites for hydroxylation is 2. The maximum Gasteiger partial charge on any atom is 0.198 e. The molecule has 1 aromatic heterocycles. The van der Waals surface area contributed by atoms with Crippen molar-refractivity contribution in [3.05, 3.63) is 41.5 Å². The second kappa shape index (κ2) is 3.35. The first-order chi connectivity index (χ1) is 7.09. The van der Waals surface area contributed by atoms with Crippen molar-refractivity contribution >= 4 is 0 Å². The van der Waals surface area contributed by atoms with E-state index in [0.717, 1.165) is 16.8 Å². The van der Waals surface area contributed by atoms with E-state index in [1.807, 2.05) is 32.0 Å². The van der Waals surface area contributed by atoms with Gasteiger partial charge in [-0.05, 0) is 25.5 Å². The van der Waals surface area contributed by atoms with Gasteiger partial charge in [0.1, 0.15) is 0 Å². The van der Waals surface area contributed by atoms with E-state index in [1.165, 1.54) is 16.7 Å². The molecule has 1 aromatic carbocycles. The minimum absolute atomic E-state index is 0.0412. The number of rotatable bonds is 1. The topological polar surface area (TPSA) is 45.4 Å². The van der Waals surface area contributed by atoms with Crippen molar-refractivity contribution in [3.63, 3.8) is 0 Å².